The summed E-state index contributed by atoms with van der Waals surface area (Å²) in [6.07, 6.45) is 4.93. The van der Waals surface area contributed by atoms with Crippen LogP contribution in [0, 0.1) is 11.3 Å². The fourth-order valence-corrected chi connectivity index (χ4v) is 6.77. The number of hydroxylamine groups is 1. The van der Waals surface area contributed by atoms with E-state index in [1.54, 1.807) is 10.4 Å². The van der Waals surface area contributed by atoms with Crippen molar-refractivity contribution in [2.75, 3.05) is 43.9 Å². The number of carbonyl (C=O) groups is 2. The second-order valence-corrected chi connectivity index (χ2v) is 12.0. The molecule has 2 atom stereocenters. The first-order chi connectivity index (χ1) is 16.7. The van der Waals surface area contributed by atoms with Gasteiger partial charge in [0.25, 0.3) is 0 Å². The van der Waals surface area contributed by atoms with Crippen LogP contribution in [0.3, 0.4) is 0 Å². The molecule has 2 aliphatic heterocycles. The number of carbonyl (C=O) groups excluding carboxylic acids is 2. The molecule has 1 aromatic heterocycles. The Kier molecular flexibility index (Phi) is 6.01. The molecule has 2 saturated heterocycles. The number of hydrogen-bond acceptors (Lipinski definition) is 7. The van der Waals surface area contributed by atoms with Crippen LogP contribution < -0.4 is 10.4 Å². The zero-order valence-electron chi connectivity index (χ0n) is 20.1. The van der Waals surface area contributed by atoms with Gasteiger partial charge >= 0.3 is 0 Å². The largest absolute Gasteiger partial charge is 0.368 e. The van der Waals surface area contributed by atoms with Crippen molar-refractivity contribution in [3.05, 3.63) is 24.5 Å². The molecule has 11 nitrogen and oxygen atoms in total. The highest BCUT2D eigenvalue weighted by molar-refractivity contribution is 7.88. The van der Waals surface area contributed by atoms with Gasteiger partial charge in [-0.2, -0.15) is 4.31 Å². The van der Waals surface area contributed by atoms with E-state index < -0.39 is 27.9 Å². The van der Waals surface area contributed by atoms with Crippen molar-refractivity contribution in [2.24, 2.45) is 11.3 Å². The van der Waals surface area contributed by atoms with E-state index in [0.29, 0.717) is 32.6 Å². The van der Waals surface area contributed by atoms with Crippen LogP contribution in [0.15, 0.2) is 24.5 Å². The second kappa shape index (κ2) is 8.75. The molecule has 2 N–H and O–H groups in total. The molecule has 3 aliphatic rings. The molecule has 2 amide bonds. The number of amides is 2. The number of piperazine rings is 1. The van der Waals surface area contributed by atoms with Gasteiger partial charge in [-0.15, -0.1) is 0 Å². The van der Waals surface area contributed by atoms with Crippen LogP contribution in [0.1, 0.15) is 26.2 Å². The summed E-state index contributed by atoms with van der Waals surface area (Å²) in [6.45, 7) is 5.13. The Morgan fingerprint density at radius 3 is 2.51 bits per heavy atom. The Hall–Kier alpha value is -2.70. The Labute approximate surface area is 204 Å². The van der Waals surface area contributed by atoms with Gasteiger partial charge in [-0.3, -0.25) is 14.8 Å². The standard InChI is InChI=1S/C23H32N6O5S/c1-3-26-15-24-18-5-4-16(12-19(18)26)27-8-10-28(11-9-27)22(31)20-17(21(30)25-32)13-23(6-7-23)14-29(20)35(2,33)34/h4-5,12,15,17,20,32H,3,6-11,13-14H2,1-2H3,(H,25,30)/t17-,20-/m0/s1. The Bertz CT molecular complexity index is 1250. The van der Waals surface area contributed by atoms with Crippen LogP contribution in [-0.4, -0.2) is 89.2 Å². The fourth-order valence-electron chi connectivity index (χ4n) is 5.62. The molecule has 1 saturated carbocycles. The number of rotatable bonds is 5. The number of aromatic nitrogens is 2. The lowest BCUT2D eigenvalue weighted by atomic mass is 9.81. The van der Waals surface area contributed by atoms with Gasteiger partial charge in [0.15, 0.2) is 0 Å². The molecule has 1 spiro atoms. The Morgan fingerprint density at radius 2 is 1.91 bits per heavy atom. The molecule has 1 aromatic carbocycles. The van der Waals surface area contributed by atoms with E-state index in [2.05, 4.69) is 27.4 Å². The number of hydrogen-bond donors (Lipinski definition) is 2. The van der Waals surface area contributed by atoms with Gasteiger partial charge in [-0.05, 0) is 49.8 Å². The lowest BCUT2D eigenvalue weighted by Gasteiger charge is -2.45. The third kappa shape index (κ3) is 4.38. The van der Waals surface area contributed by atoms with Gasteiger partial charge in [0, 0.05) is 45.0 Å². The maximum atomic E-state index is 13.7. The first-order valence-corrected chi connectivity index (χ1v) is 13.9. The van der Waals surface area contributed by atoms with E-state index >= 15 is 0 Å². The molecule has 0 radical (unpaired) electrons. The summed E-state index contributed by atoms with van der Waals surface area (Å²) in [4.78, 5) is 34.5. The molecule has 2 aromatic rings. The Balaban J connectivity index is 1.34. The van der Waals surface area contributed by atoms with Gasteiger partial charge in [0.1, 0.15) is 6.04 Å². The van der Waals surface area contributed by atoms with Crippen molar-refractivity contribution in [2.45, 2.75) is 38.8 Å². The molecule has 5 rings (SSSR count). The van der Waals surface area contributed by atoms with Gasteiger partial charge in [0.2, 0.25) is 21.8 Å². The molecule has 0 unspecified atom stereocenters. The highest BCUT2D eigenvalue weighted by atomic mass is 32.2. The maximum Gasteiger partial charge on any atom is 0.248 e. The summed E-state index contributed by atoms with van der Waals surface area (Å²) in [7, 11) is -3.73. The molecule has 35 heavy (non-hydrogen) atoms. The number of nitrogens with one attached hydrogen (secondary N) is 1. The zero-order chi connectivity index (χ0) is 25.0. The van der Waals surface area contributed by atoms with E-state index in [1.807, 2.05) is 18.5 Å². The van der Waals surface area contributed by atoms with E-state index in [9.17, 15) is 23.2 Å². The molecule has 0 bridgehead atoms. The average molecular weight is 505 g/mol. The number of anilines is 1. The minimum Gasteiger partial charge on any atom is -0.368 e. The first-order valence-electron chi connectivity index (χ1n) is 12.1. The normalized spacial score (nSPS) is 24.7. The predicted octanol–water partition coefficient (Wildman–Crippen LogP) is 0.641. The SMILES string of the molecule is CCn1cnc2ccc(N3CCN(C(=O)[C@@H]4[C@@H](C(=O)NO)CC5(CC5)CN4S(C)(=O)=O)CC3)cc21. The monoisotopic (exact) mass is 504 g/mol. The van der Waals surface area contributed by atoms with E-state index in [-0.39, 0.29) is 17.9 Å². The van der Waals surface area contributed by atoms with Gasteiger partial charge in [-0.25, -0.2) is 18.9 Å². The summed E-state index contributed by atoms with van der Waals surface area (Å²) in [5, 5.41) is 9.33. The highest BCUT2D eigenvalue weighted by Crippen LogP contribution is 2.55. The van der Waals surface area contributed by atoms with Crippen molar-refractivity contribution in [3.8, 4) is 0 Å². The summed E-state index contributed by atoms with van der Waals surface area (Å²) in [6, 6.07) is 4.97. The molecular weight excluding hydrogens is 472 g/mol. The van der Waals surface area contributed by atoms with Gasteiger partial charge in [0.05, 0.1) is 29.5 Å². The summed E-state index contributed by atoms with van der Waals surface area (Å²) < 4.78 is 28.6. The van der Waals surface area contributed by atoms with Gasteiger partial charge in [-0.1, -0.05) is 0 Å². The third-order valence-corrected chi connectivity index (χ3v) is 9.03. The maximum absolute atomic E-state index is 13.7. The number of imidazole rings is 1. The van der Waals surface area contributed by atoms with Crippen LogP contribution in [0.2, 0.25) is 0 Å². The smallest absolute Gasteiger partial charge is 0.248 e. The lowest BCUT2D eigenvalue weighted by Crippen LogP contribution is -2.63. The molecule has 12 heteroatoms. The van der Waals surface area contributed by atoms with E-state index in [4.69, 9.17) is 0 Å². The minimum absolute atomic E-state index is 0.239. The first kappa shape index (κ1) is 24.0. The number of fused-ring (bicyclic) bond motifs is 1. The molecule has 3 heterocycles. The lowest BCUT2D eigenvalue weighted by molar-refractivity contribution is -0.148. The van der Waals surface area contributed by atoms with Crippen LogP contribution in [0.4, 0.5) is 5.69 Å². The second-order valence-electron chi connectivity index (χ2n) is 10.1. The molecule has 1 aliphatic carbocycles. The highest BCUT2D eigenvalue weighted by Gasteiger charge is 2.58. The van der Waals surface area contributed by atoms with Crippen LogP contribution in [0.25, 0.3) is 11.0 Å². The van der Waals surface area contributed by atoms with Crippen LogP contribution in [-0.2, 0) is 26.2 Å². The predicted molar refractivity (Wildman–Crippen MR) is 129 cm³/mol. The quantitative estimate of drug-likeness (QED) is 0.452. The number of sulfonamides is 1. The van der Waals surface area contributed by atoms with Crippen molar-refractivity contribution in [1.29, 1.82) is 0 Å². The number of aryl methyl sites for hydroxylation is 1. The molecule has 190 valence electrons. The molecule has 3 fully saturated rings. The van der Waals surface area contributed by atoms with E-state index in [0.717, 1.165) is 42.4 Å². The fraction of sp³-hybridized carbons (Fsp3) is 0.609. The number of nitrogens with zero attached hydrogens (tertiary/aromatic N) is 5. The average Bonchev–Trinajstić information content (AvgIpc) is 3.47. The number of benzene rings is 1. The zero-order valence-corrected chi connectivity index (χ0v) is 20.9. The number of piperidine rings is 1. The van der Waals surface area contributed by atoms with Crippen LogP contribution >= 0.6 is 0 Å². The van der Waals surface area contributed by atoms with Crippen LogP contribution in [0.5, 0.6) is 0 Å². The minimum atomic E-state index is -3.73. The van der Waals surface area contributed by atoms with Crippen molar-refractivity contribution < 1.29 is 23.2 Å². The van der Waals surface area contributed by atoms with Crippen molar-refractivity contribution >= 4 is 38.6 Å². The summed E-state index contributed by atoms with van der Waals surface area (Å²) >= 11 is 0. The molecular formula is C23H32N6O5S. The summed E-state index contributed by atoms with van der Waals surface area (Å²) in [5.41, 5.74) is 4.42. The van der Waals surface area contributed by atoms with Gasteiger partial charge < -0.3 is 14.4 Å². The third-order valence-electron chi connectivity index (χ3n) is 7.82. The summed E-state index contributed by atoms with van der Waals surface area (Å²) in [5.74, 6) is -2.01. The topological polar surface area (TPSA) is 128 Å². The van der Waals surface area contributed by atoms with Crippen molar-refractivity contribution in [3.63, 3.8) is 0 Å². The Morgan fingerprint density at radius 1 is 1.20 bits per heavy atom. The van der Waals surface area contributed by atoms with Crippen molar-refractivity contribution in [1.82, 2.24) is 24.2 Å². The van der Waals surface area contributed by atoms with E-state index in [1.165, 1.54) is 4.31 Å².